The Morgan fingerprint density at radius 1 is 1.45 bits per heavy atom. The zero-order valence-corrected chi connectivity index (χ0v) is 12.4. The fourth-order valence-electron chi connectivity index (χ4n) is 2.92. The van der Waals surface area contributed by atoms with Crippen LogP contribution in [-0.2, 0) is 4.74 Å². The largest absolute Gasteiger partial charge is 0.377 e. The third-order valence-corrected chi connectivity index (χ3v) is 4.29. The lowest BCUT2D eigenvalue weighted by Crippen LogP contribution is -2.47. The minimum absolute atomic E-state index is 0.0552. The third kappa shape index (κ3) is 3.78. The van der Waals surface area contributed by atoms with Gasteiger partial charge in [0, 0.05) is 31.8 Å². The van der Waals surface area contributed by atoms with E-state index in [1.165, 1.54) is 6.07 Å². The molecule has 112 valence electrons. The van der Waals surface area contributed by atoms with Gasteiger partial charge in [0.25, 0.3) is 0 Å². The molecule has 1 fully saturated rings. The van der Waals surface area contributed by atoms with Gasteiger partial charge in [-0.15, -0.1) is 0 Å². The van der Waals surface area contributed by atoms with Crippen molar-refractivity contribution in [3.8, 4) is 0 Å². The number of nitrogens with two attached hydrogens (primary N) is 1. The molecule has 20 heavy (non-hydrogen) atoms. The van der Waals surface area contributed by atoms with Crippen molar-refractivity contribution >= 4 is 0 Å². The van der Waals surface area contributed by atoms with Crippen LogP contribution in [0.1, 0.15) is 37.8 Å². The van der Waals surface area contributed by atoms with Gasteiger partial charge in [0.1, 0.15) is 5.82 Å². The molecule has 4 heteroatoms. The van der Waals surface area contributed by atoms with Gasteiger partial charge in [-0.2, -0.15) is 0 Å². The molecule has 0 amide bonds. The molecule has 0 aliphatic carbocycles. The van der Waals surface area contributed by atoms with E-state index < -0.39 is 0 Å². The summed E-state index contributed by atoms with van der Waals surface area (Å²) in [6.45, 7) is 5.03. The predicted octanol–water partition coefficient (Wildman–Crippen LogP) is 2.72. The van der Waals surface area contributed by atoms with Crippen LogP contribution >= 0.6 is 0 Å². The van der Waals surface area contributed by atoms with Crippen LogP contribution in [-0.4, -0.2) is 37.2 Å². The summed E-state index contributed by atoms with van der Waals surface area (Å²) in [5.74, 6) is -0.208. The van der Waals surface area contributed by atoms with Crippen molar-refractivity contribution in [1.29, 1.82) is 0 Å². The predicted molar refractivity (Wildman–Crippen MR) is 79.0 cm³/mol. The zero-order chi connectivity index (χ0) is 14.6. The van der Waals surface area contributed by atoms with Gasteiger partial charge in [0.2, 0.25) is 0 Å². The second-order valence-electron chi connectivity index (χ2n) is 5.95. The monoisotopic (exact) mass is 280 g/mol. The standard InChI is InChI=1S/C16H25FN2O/c1-16(20-2)9-5-10-19(12-16)11-8-15(18)13-6-3-4-7-14(13)17/h3-4,6-7,15H,5,8-12,18H2,1-2H3. The normalized spacial score (nSPS) is 25.6. The average molecular weight is 280 g/mol. The Morgan fingerprint density at radius 3 is 2.90 bits per heavy atom. The van der Waals surface area contributed by atoms with Gasteiger partial charge < -0.3 is 15.4 Å². The van der Waals surface area contributed by atoms with Crippen LogP contribution in [0.2, 0.25) is 0 Å². The van der Waals surface area contributed by atoms with Crippen molar-refractivity contribution < 1.29 is 9.13 Å². The van der Waals surface area contributed by atoms with Crippen LogP contribution in [0.3, 0.4) is 0 Å². The van der Waals surface area contributed by atoms with E-state index in [0.717, 1.165) is 38.9 Å². The lowest BCUT2D eigenvalue weighted by atomic mass is 9.94. The Hall–Kier alpha value is -0.970. The molecule has 0 saturated carbocycles. The molecule has 2 unspecified atom stereocenters. The highest BCUT2D eigenvalue weighted by Gasteiger charge is 2.30. The molecule has 1 saturated heterocycles. The van der Waals surface area contributed by atoms with Crippen LogP contribution in [0.25, 0.3) is 0 Å². The maximum atomic E-state index is 13.7. The van der Waals surface area contributed by atoms with Gasteiger partial charge in [-0.05, 0) is 38.8 Å². The Kier molecular flexibility index (Phi) is 5.13. The molecular weight excluding hydrogens is 255 g/mol. The molecule has 0 bridgehead atoms. The number of ether oxygens (including phenoxy) is 1. The smallest absolute Gasteiger partial charge is 0.127 e. The van der Waals surface area contributed by atoms with E-state index in [1.807, 2.05) is 6.07 Å². The maximum Gasteiger partial charge on any atom is 0.127 e. The minimum Gasteiger partial charge on any atom is -0.377 e. The lowest BCUT2D eigenvalue weighted by Gasteiger charge is -2.39. The number of halogens is 1. The van der Waals surface area contributed by atoms with E-state index in [1.54, 1.807) is 19.2 Å². The highest BCUT2D eigenvalue weighted by Crippen LogP contribution is 2.25. The van der Waals surface area contributed by atoms with Crippen LogP contribution in [0.4, 0.5) is 4.39 Å². The van der Waals surface area contributed by atoms with Gasteiger partial charge >= 0.3 is 0 Å². The summed E-state index contributed by atoms with van der Waals surface area (Å²) in [7, 11) is 1.77. The summed E-state index contributed by atoms with van der Waals surface area (Å²) in [6, 6.07) is 6.53. The highest BCUT2D eigenvalue weighted by atomic mass is 19.1. The first-order chi connectivity index (χ1) is 9.54. The summed E-state index contributed by atoms with van der Waals surface area (Å²) in [4.78, 5) is 2.37. The van der Waals surface area contributed by atoms with E-state index in [9.17, 15) is 4.39 Å². The topological polar surface area (TPSA) is 38.5 Å². The van der Waals surface area contributed by atoms with Crippen molar-refractivity contribution in [2.45, 2.75) is 37.8 Å². The van der Waals surface area contributed by atoms with Crippen LogP contribution in [0.15, 0.2) is 24.3 Å². The molecule has 0 aromatic heterocycles. The maximum absolute atomic E-state index is 13.7. The first kappa shape index (κ1) is 15.4. The van der Waals surface area contributed by atoms with E-state index in [-0.39, 0.29) is 17.5 Å². The molecule has 0 radical (unpaired) electrons. The Bertz CT molecular complexity index is 440. The minimum atomic E-state index is -0.244. The number of hydrogen-bond acceptors (Lipinski definition) is 3. The Labute approximate surface area is 120 Å². The van der Waals surface area contributed by atoms with Crippen molar-refractivity contribution in [2.24, 2.45) is 5.73 Å². The number of benzene rings is 1. The van der Waals surface area contributed by atoms with Crippen molar-refractivity contribution in [2.75, 3.05) is 26.7 Å². The van der Waals surface area contributed by atoms with Gasteiger partial charge in [0.05, 0.1) is 5.60 Å². The molecule has 1 heterocycles. The number of piperidine rings is 1. The van der Waals surface area contributed by atoms with Crippen molar-refractivity contribution in [1.82, 2.24) is 4.90 Å². The molecule has 1 aromatic carbocycles. The molecule has 1 aromatic rings. The molecule has 1 aliphatic rings. The van der Waals surface area contributed by atoms with Gasteiger partial charge in [-0.3, -0.25) is 0 Å². The summed E-state index contributed by atoms with van der Waals surface area (Å²) >= 11 is 0. The highest BCUT2D eigenvalue weighted by molar-refractivity contribution is 5.20. The quantitative estimate of drug-likeness (QED) is 0.901. The van der Waals surface area contributed by atoms with Gasteiger partial charge in [0.15, 0.2) is 0 Å². The zero-order valence-electron chi connectivity index (χ0n) is 12.4. The number of likely N-dealkylation sites (tertiary alicyclic amines) is 1. The van der Waals surface area contributed by atoms with Crippen LogP contribution < -0.4 is 5.73 Å². The number of rotatable bonds is 5. The molecule has 2 rings (SSSR count). The molecule has 1 aliphatic heterocycles. The first-order valence-corrected chi connectivity index (χ1v) is 7.31. The first-order valence-electron chi connectivity index (χ1n) is 7.31. The molecule has 2 N–H and O–H groups in total. The summed E-state index contributed by atoms with van der Waals surface area (Å²) in [5.41, 5.74) is 6.67. The lowest BCUT2D eigenvalue weighted by molar-refractivity contribution is -0.0510. The van der Waals surface area contributed by atoms with Crippen molar-refractivity contribution in [3.63, 3.8) is 0 Å². The summed E-state index contributed by atoms with van der Waals surface area (Å²) in [6.07, 6.45) is 3.00. The number of nitrogens with zero attached hydrogens (tertiary/aromatic N) is 1. The number of hydrogen-bond donors (Lipinski definition) is 1. The Morgan fingerprint density at radius 2 is 2.20 bits per heavy atom. The molecule has 0 spiro atoms. The summed E-state index contributed by atoms with van der Waals surface area (Å²) < 4.78 is 19.3. The molecule has 3 nitrogen and oxygen atoms in total. The Balaban J connectivity index is 1.87. The van der Waals surface area contributed by atoms with Crippen LogP contribution in [0.5, 0.6) is 0 Å². The van der Waals surface area contributed by atoms with E-state index in [0.29, 0.717) is 5.56 Å². The third-order valence-electron chi connectivity index (χ3n) is 4.29. The number of methoxy groups -OCH3 is 1. The van der Waals surface area contributed by atoms with Gasteiger partial charge in [-0.25, -0.2) is 4.39 Å². The summed E-state index contributed by atoms with van der Waals surface area (Å²) in [5, 5.41) is 0. The van der Waals surface area contributed by atoms with Crippen LogP contribution in [0, 0.1) is 5.82 Å². The van der Waals surface area contributed by atoms with Gasteiger partial charge in [-0.1, -0.05) is 18.2 Å². The second-order valence-corrected chi connectivity index (χ2v) is 5.95. The fourth-order valence-corrected chi connectivity index (χ4v) is 2.92. The second kappa shape index (κ2) is 6.66. The SMILES string of the molecule is COC1(C)CCCN(CCC(N)c2ccccc2F)C1. The van der Waals surface area contributed by atoms with E-state index in [2.05, 4.69) is 11.8 Å². The van der Waals surface area contributed by atoms with E-state index in [4.69, 9.17) is 10.5 Å². The van der Waals surface area contributed by atoms with E-state index >= 15 is 0 Å². The fraction of sp³-hybridized carbons (Fsp3) is 0.625. The molecule has 2 atom stereocenters. The molecular formula is C16H25FN2O. The average Bonchev–Trinajstić information content (AvgIpc) is 2.45. The van der Waals surface area contributed by atoms with Crippen molar-refractivity contribution in [3.05, 3.63) is 35.6 Å².